The zero-order valence-electron chi connectivity index (χ0n) is 13.3. The molecule has 0 aromatic heterocycles. The molecule has 1 heterocycles. The number of allylic oxidation sites excluding steroid dienone is 1. The van der Waals surface area contributed by atoms with Gasteiger partial charge in [0.1, 0.15) is 0 Å². The van der Waals surface area contributed by atoms with E-state index in [-0.39, 0.29) is 0 Å². The van der Waals surface area contributed by atoms with Crippen LogP contribution in [0.15, 0.2) is 41.5 Å². The Morgan fingerprint density at radius 1 is 1.15 bits per heavy atom. The van der Waals surface area contributed by atoms with E-state index in [0.717, 1.165) is 5.92 Å². The van der Waals surface area contributed by atoms with Gasteiger partial charge in [0, 0.05) is 18.3 Å². The molecule has 1 aromatic carbocycles. The van der Waals surface area contributed by atoms with Crippen molar-refractivity contribution in [3.05, 3.63) is 47.7 Å². The maximum absolute atomic E-state index is 4.16. The van der Waals surface area contributed by atoms with Crippen molar-refractivity contribution in [3.63, 3.8) is 0 Å². The Labute approximate surface area is 123 Å². The number of benzene rings is 1. The molecule has 0 saturated heterocycles. The third-order valence-corrected chi connectivity index (χ3v) is 4.33. The topological polar surface area (TPSA) is 12.4 Å². The second-order valence-corrected chi connectivity index (χ2v) is 6.96. The van der Waals surface area contributed by atoms with E-state index in [9.17, 15) is 0 Å². The summed E-state index contributed by atoms with van der Waals surface area (Å²) in [7, 11) is 0. The minimum Gasteiger partial charge on any atom is -0.268 e. The highest BCUT2D eigenvalue weighted by molar-refractivity contribution is 5.73. The number of hydrogen-bond donors (Lipinski definition) is 0. The molecule has 0 aliphatic carbocycles. The summed E-state index contributed by atoms with van der Waals surface area (Å²) < 4.78 is 0. The fourth-order valence-corrected chi connectivity index (χ4v) is 2.88. The van der Waals surface area contributed by atoms with Gasteiger partial charge >= 0.3 is 0 Å². The minimum absolute atomic E-state index is 0.373. The maximum Gasteiger partial charge on any atom is 0.0391 e. The Balaban J connectivity index is 2.05. The van der Waals surface area contributed by atoms with Gasteiger partial charge in [0.05, 0.1) is 0 Å². The van der Waals surface area contributed by atoms with Crippen LogP contribution >= 0.6 is 0 Å². The van der Waals surface area contributed by atoms with Gasteiger partial charge in [0.25, 0.3) is 0 Å². The molecule has 1 aliphatic heterocycles. The number of hydrogen-bond acceptors (Lipinski definition) is 1. The Bertz CT molecular complexity index is 461. The molecule has 108 valence electrons. The summed E-state index contributed by atoms with van der Waals surface area (Å²) >= 11 is 0. The Hall–Kier alpha value is -1.37. The molecule has 1 aromatic rings. The van der Waals surface area contributed by atoms with Crippen LogP contribution in [0.1, 0.15) is 57.6 Å². The molecule has 1 heteroatoms. The zero-order valence-corrected chi connectivity index (χ0v) is 13.3. The first-order valence-corrected chi connectivity index (χ1v) is 7.79. The summed E-state index contributed by atoms with van der Waals surface area (Å²) in [5.74, 6) is 1.13. The molecule has 0 spiro atoms. The van der Waals surface area contributed by atoms with Crippen molar-refractivity contribution in [2.24, 2.45) is 16.3 Å². The maximum atomic E-state index is 4.16. The molecule has 2 atom stereocenters. The van der Waals surface area contributed by atoms with Crippen molar-refractivity contribution < 1.29 is 0 Å². The number of aliphatic imine (C=N–C) groups is 1. The lowest BCUT2D eigenvalue weighted by Crippen LogP contribution is -2.22. The van der Waals surface area contributed by atoms with E-state index < -0.39 is 0 Å². The van der Waals surface area contributed by atoms with Gasteiger partial charge in [-0.3, -0.25) is 4.99 Å². The van der Waals surface area contributed by atoms with Crippen molar-refractivity contribution in [2.45, 2.75) is 52.9 Å². The van der Waals surface area contributed by atoms with Crippen LogP contribution in [0.25, 0.3) is 0 Å². The van der Waals surface area contributed by atoms with Crippen LogP contribution in [0, 0.1) is 11.3 Å². The van der Waals surface area contributed by atoms with E-state index in [1.165, 1.54) is 30.4 Å². The van der Waals surface area contributed by atoms with Gasteiger partial charge in [-0.05, 0) is 35.3 Å². The van der Waals surface area contributed by atoms with E-state index >= 15 is 0 Å². The summed E-state index contributed by atoms with van der Waals surface area (Å²) in [6, 6.07) is 9.11. The lowest BCUT2D eigenvalue weighted by molar-refractivity contribution is 0.222. The molecule has 2 rings (SSSR count). The van der Waals surface area contributed by atoms with Crippen molar-refractivity contribution in [1.82, 2.24) is 0 Å². The van der Waals surface area contributed by atoms with Crippen LogP contribution < -0.4 is 0 Å². The zero-order chi connectivity index (χ0) is 14.6. The first-order valence-electron chi connectivity index (χ1n) is 7.79. The molecule has 20 heavy (non-hydrogen) atoms. The SMILES string of the molecule is CCCC(Cc1ccc(C2C=CN=C2)cc1)C(C)(C)C. The standard InChI is InChI=1S/C19H27N/c1-5-6-18(19(2,3)4)13-15-7-9-16(10-8-15)17-11-12-20-14-17/h7-12,14,17-18H,5-6,13H2,1-4H3. The summed E-state index contributed by atoms with van der Waals surface area (Å²) in [5.41, 5.74) is 3.19. The van der Waals surface area contributed by atoms with Gasteiger partial charge in [-0.1, -0.05) is 64.5 Å². The lowest BCUT2D eigenvalue weighted by Gasteiger charge is -2.31. The molecule has 1 nitrogen and oxygen atoms in total. The van der Waals surface area contributed by atoms with Crippen LogP contribution in [0.5, 0.6) is 0 Å². The quantitative estimate of drug-likeness (QED) is 0.681. The van der Waals surface area contributed by atoms with Gasteiger partial charge in [-0.2, -0.15) is 0 Å². The first kappa shape index (κ1) is 15.0. The fraction of sp³-hybridized carbons (Fsp3) is 0.526. The predicted octanol–water partition coefficient (Wildman–Crippen LogP) is 5.37. The van der Waals surface area contributed by atoms with E-state index in [2.05, 4.69) is 63.0 Å². The van der Waals surface area contributed by atoms with Crippen molar-refractivity contribution in [2.75, 3.05) is 0 Å². The Morgan fingerprint density at radius 2 is 1.85 bits per heavy atom. The van der Waals surface area contributed by atoms with Crippen LogP contribution in [-0.2, 0) is 6.42 Å². The third-order valence-electron chi connectivity index (χ3n) is 4.33. The van der Waals surface area contributed by atoms with Crippen molar-refractivity contribution in [1.29, 1.82) is 0 Å². The minimum atomic E-state index is 0.373. The molecule has 1 aliphatic rings. The average molecular weight is 269 g/mol. The predicted molar refractivity (Wildman–Crippen MR) is 88.4 cm³/mol. The molecule has 0 N–H and O–H groups in total. The van der Waals surface area contributed by atoms with E-state index in [0.29, 0.717) is 11.3 Å². The van der Waals surface area contributed by atoms with Crippen molar-refractivity contribution >= 4 is 6.21 Å². The van der Waals surface area contributed by atoms with Gasteiger partial charge in [-0.25, -0.2) is 0 Å². The summed E-state index contributed by atoms with van der Waals surface area (Å²) in [6.07, 6.45) is 9.79. The van der Waals surface area contributed by atoms with E-state index in [4.69, 9.17) is 0 Å². The van der Waals surface area contributed by atoms with Crippen molar-refractivity contribution in [3.8, 4) is 0 Å². The first-order chi connectivity index (χ1) is 9.50. The molecule has 0 bridgehead atoms. The molecule has 0 radical (unpaired) electrons. The van der Waals surface area contributed by atoms with Crippen LogP contribution in [0.3, 0.4) is 0 Å². The van der Waals surface area contributed by atoms with Crippen LogP contribution in [0.2, 0.25) is 0 Å². The highest BCUT2D eigenvalue weighted by Gasteiger charge is 2.23. The van der Waals surface area contributed by atoms with Gasteiger partial charge in [0.15, 0.2) is 0 Å². The van der Waals surface area contributed by atoms with E-state index in [1.54, 1.807) is 0 Å². The second-order valence-electron chi connectivity index (χ2n) is 6.96. The molecule has 2 unspecified atom stereocenters. The molecule has 0 saturated carbocycles. The molecular formula is C19H27N. The summed E-state index contributed by atoms with van der Waals surface area (Å²) in [6.45, 7) is 9.37. The third kappa shape index (κ3) is 3.82. The molecule has 0 amide bonds. The highest BCUT2D eigenvalue weighted by atomic mass is 14.7. The fourth-order valence-electron chi connectivity index (χ4n) is 2.88. The largest absolute Gasteiger partial charge is 0.268 e. The Kier molecular flexibility index (Phi) is 4.80. The Morgan fingerprint density at radius 3 is 2.35 bits per heavy atom. The average Bonchev–Trinajstić information content (AvgIpc) is 2.92. The van der Waals surface area contributed by atoms with Gasteiger partial charge in [0.2, 0.25) is 0 Å². The van der Waals surface area contributed by atoms with Crippen LogP contribution in [0.4, 0.5) is 0 Å². The van der Waals surface area contributed by atoms with Gasteiger partial charge in [-0.15, -0.1) is 0 Å². The second kappa shape index (κ2) is 6.39. The number of nitrogens with zero attached hydrogens (tertiary/aromatic N) is 1. The summed E-state index contributed by atoms with van der Waals surface area (Å²) in [4.78, 5) is 4.16. The number of rotatable bonds is 5. The van der Waals surface area contributed by atoms with Gasteiger partial charge < -0.3 is 0 Å². The normalized spacial score (nSPS) is 19.5. The van der Waals surface area contributed by atoms with E-state index in [1.807, 2.05) is 12.4 Å². The lowest BCUT2D eigenvalue weighted by atomic mass is 9.75. The smallest absolute Gasteiger partial charge is 0.0391 e. The molecule has 0 fully saturated rings. The molecular weight excluding hydrogens is 242 g/mol. The van der Waals surface area contributed by atoms with Crippen LogP contribution in [-0.4, -0.2) is 6.21 Å². The highest BCUT2D eigenvalue weighted by Crippen LogP contribution is 2.33. The summed E-state index contributed by atoms with van der Waals surface area (Å²) in [5, 5.41) is 0. The monoisotopic (exact) mass is 269 g/mol.